The largest absolute Gasteiger partial charge is 1.00 e. The van der Waals surface area contributed by atoms with E-state index >= 15 is 0 Å². The van der Waals surface area contributed by atoms with Crippen LogP contribution in [0.3, 0.4) is 0 Å². The molecule has 0 spiro atoms. The molecule has 0 fully saturated rings. The van der Waals surface area contributed by atoms with E-state index < -0.39 is 6.16 Å². The van der Waals surface area contributed by atoms with Crippen molar-refractivity contribution in [3.63, 3.8) is 0 Å². The molecule has 0 rings (SSSR count). The number of rotatable bonds is 0. The van der Waals surface area contributed by atoms with Crippen LogP contribution < -0.4 is 0 Å². The van der Waals surface area contributed by atoms with Crippen molar-refractivity contribution < 1.29 is 32.1 Å². The molecule has 0 aliphatic rings. The van der Waals surface area contributed by atoms with Crippen LogP contribution in [0.5, 0.6) is 0 Å². The average Bonchev–Trinajstić information content (AvgIpc) is 0.811. The third-order valence-corrected chi connectivity index (χ3v) is 0. The Bertz CT molecular complexity index is 33.8. The summed E-state index contributed by atoms with van der Waals surface area (Å²) < 4.78 is 0. The third kappa shape index (κ3) is 452. The molecule has 0 unspecified atom stereocenters. The Morgan fingerprint density at radius 2 is 1.33 bits per heavy atom. The fraction of sp³-hybridized carbons (Fsp3) is 0. The third-order valence-electron chi connectivity index (χ3n) is 0. The maximum atomic E-state index is 8.56. The first-order valence-electron chi connectivity index (χ1n) is 0.651. The Balaban J connectivity index is -0.0000000450. The number of carboxylic acid groups (broad SMARTS) is 2. The molecule has 0 aromatic rings. The molecule has 42 valence electrons. The van der Waals surface area contributed by atoms with Gasteiger partial charge in [-0.15, -0.1) is 0 Å². The monoisotopic (exact) mass is 141 g/mol. The van der Waals surface area contributed by atoms with Gasteiger partial charge in [-0.25, -0.2) is 4.79 Å². The van der Waals surface area contributed by atoms with Crippen molar-refractivity contribution in [2.24, 2.45) is 0 Å². The molecular formula is CH4CuNO3. The second-order valence-electron chi connectivity index (χ2n) is 0.283. The summed E-state index contributed by atoms with van der Waals surface area (Å²) in [6.45, 7) is 0. The smallest absolute Gasteiger partial charge is 0.693 e. The summed E-state index contributed by atoms with van der Waals surface area (Å²) in [4.78, 5) is 8.56. The Kier molecular flexibility index (Phi) is 25.3. The van der Waals surface area contributed by atoms with Gasteiger partial charge in [-0.3, -0.25) is 0 Å². The van der Waals surface area contributed by atoms with E-state index in [0.29, 0.717) is 0 Å². The van der Waals surface area contributed by atoms with Gasteiger partial charge in [0.15, 0.2) is 0 Å². The summed E-state index contributed by atoms with van der Waals surface area (Å²) in [5.74, 6) is 0. The maximum absolute atomic E-state index is 8.56. The summed E-state index contributed by atoms with van der Waals surface area (Å²) in [7, 11) is 0. The first-order chi connectivity index (χ1) is 1.73. The zero-order chi connectivity index (χ0) is 3.58. The molecule has 0 saturated heterocycles. The molecule has 0 aromatic heterocycles. The second kappa shape index (κ2) is 8.83. The minimum atomic E-state index is -1.83. The van der Waals surface area contributed by atoms with Crippen LogP contribution in [0.25, 0.3) is 6.15 Å². The molecule has 0 amide bonds. The van der Waals surface area contributed by atoms with Gasteiger partial charge in [-0.2, -0.15) is 0 Å². The zero-order valence-electron chi connectivity index (χ0n) is 2.68. The first kappa shape index (κ1) is 17.2. The quantitative estimate of drug-likeness (QED) is 0.492. The van der Waals surface area contributed by atoms with E-state index in [1.165, 1.54) is 0 Å². The predicted molar refractivity (Wildman–Crippen MR) is 15.9 cm³/mol. The first-order valence-corrected chi connectivity index (χ1v) is 0.651. The van der Waals surface area contributed by atoms with Gasteiger partial charge in [0.05, 0.1) is 0 Å². The van der Waals surface area contributed by atoms with Gasteiger partial charge in [0.25, 0.3) is 0 Å². The van der Waals surface area contributed by atoms with Crippen molar-refractivity contribution in [3.8, 4) is 0 Å². The van der Waals surface area contributed by atoms with Gasteiger partial charge in [-0.1, -0.05) is 0 Å². The maximum Gasteiger partial charge on any atom is 1.00 e. The van der Waals surface area contributed by atoms with Crippen LogP contribution in [0.15, 0.2) is 0 Å². The van der Waals surface area contributed by atoms with Crippen LogP contribution in [0.4, 0.5) is 4.79 Å². The van der Waals surface area contributed by atoms with Crippen molar-refractivity contribution >= 4 is 6.16 Å². The predicted octanol–water partition coefficient (Wildman–Crippen LogP) is 0.937. The summed E-state index contributed by atoms with van der Waals surface area (Å²) >= 11 is 0. The van der Waals surface area contributed by atoms with Gasteiger partial charge >= 0.3 is 23.2 Å². The number of hydrogen-bond donors (Lipinski definition) is 2. The van der Waals surface area contributed by atoms with Gasteiger partial charge in [0.2, 0.25) is 0 Å². The molecule has 0 bridgehead atoms. The number of hydrogen-bond acceptors (Lipinski definition) is 1. The molecule has 0 aromatic carbocycles. The van der Waals surface area contributed by atoms with Gasteiger partial charge in [-0.05, 0) is 0 Å². The SMILES string of the molecule is O=C(O)O.[Cu+].[NH2-]. The van der Waals surface area contributed by atoms with Crippen LogP contribution in [0.2, 0.25) is 0 Å². The summed E-state index contributed by atoms with van der Waals surface area (Å²) in [6, 6.07) is 0. The van der Waals surface area contributed by atoms with Crippen LogP contribution in [0, 0.1) is 0 Å². The average molecular weight is 142 g/mol. The number of nitrogens with two attached hydrogens (primary N) is 1. The molecule has 0 aliphatic carbocycles. The van der Waals surface area contributed by atoms with Crippen LogP contribution in [-0.2, 0) is 17.1 Å². The van der Waals surface area contributed by atoms with Crippen LogP contribution >= 0.6 is 0 Å². The van der Waals surface area contributed by atoms with Crippen LogP contribution in [0.1, 0.15) is 0 Å². The van der Waals surface area contributed by atoms with E-state index in [-0.39, 0.29) is 23.2 Å². The molecule has 0 aliphatic heterocycles. The van der Waals surface area contributed by atoms with Crippen LogP contribution in [-0.4, -0.2) is 16.4 Å². The van der Waals surface area contributed by atoms with E-state index in [1.807, 2.05) is 0 Å². The Hall–Kier alpha value is -0.251. The van der Waals surface area contributed by atoms with E-state index in [1.54, 1.807) is 0 Å². The fourth-order valence-electron chi connectivity index (χ4n) is 0. The fourth-order valence-corrected chi connectivity index (χ4v) is 0. The molecule has 0 saturated carbocycles. The molecule has 4 nitrogen and oxygen atoms in total. The van der Waals surface area contributed by atoms with Crippen molar-refractivity contribution in [1.82, 2.24) is 0 Å². The van der Waals surface area contributed by atoms with Crippen molar-refractivity contribution in [2.45, 2.75) is 0 Å². The van der Waals surface area contributed by atoms with Crippen molar-refractivity contribution in [3.05, 3.63) is 6.15 Å². The van der Waals surface area contributed by atoms with Crippen molar-refractivity contribution in [2.75, 3.05) is 0 Å². The summed E-state index contributed by atoms with van der Waals surface area (Å²) in [5.41, 5.74) is 0. The Labute approximate surface area is 45.2 Å². The Morgan fingerprint density at radius 3 is 1.33 bits per heavy atom. The molecule has 0 heterocycles. The van der Waals surface area contributed by atoms with Gasteiger partial charge < -0.3 is 16.4 Å². The van der Waals surface area contributed by atoms with E-state index in [9.17, 15) is 0 Å². The molecular weight excluding hydrogens is 138 g/mol. The Morgan fingerprint density at radius 1 is 1.33 bits per heavy atom. The molecule has 0 atom stereocenters. The molecule has 4 N–H and O–H groups in total. The van der Waals surface area contributed by atoms with Crippen molar-refractivity contribution in [1.29, 1.82) is 0 Å². The normalized spacial score (nSPS) is 4.00. The van der Waals surface area contributed by atoms with Gasteiger partial charge in [0, 0.05) is 0 Å². The van der Waals surface area contributed by atoms with E-state index in [4.69, 9.17) is 15.0 Å². The second-order valence-corrected chi connectivity index (χ2v) is 0.283. The topological polar surface area (TPSA) is 91.0 Å². The van der Waals surface area contributed by atoms with E-state index in [2.05, 4.69) is 0 Å². The zero-order valence-corrected chi connectivity index (χ0v) is 3.62. The van der Waals surface area contributed by atoms with E-state index in [0.717, 1.165) is 0 Å². The molecule has 6 heavy (non-hydrogen) atoms. The van der Waals surface area contributed by atoms with Gasteiger partial charge in [0.1, 0.15) is 0 Å². The minimum Gasteiger partial charge on any atom is -0.693 e. The summed E-state index contributed by atoms with van der Waals surface area (Å²) in [6.07, 6.45) is -1.83. The number of carbonyl (C=O) groups is 1. The molecule has 5 heteroatoms. The standard InChI is InChI=1S/CH2O3.Cu.H2N/c2-1(3)4;;/h(H2,2,3,4);;1H2/q;+1;-1. The minimum absolute atomic E-state index is 0. The molecule has 0 radical (unpaired) electrons. The summed E-state index contributed by atoms with van der Waals surface area (Å²) in [5, 5.41) is 13.9.